The number of furan rings is 1. The molecule has 0 saturated carbocycles. The molecule has 1 aliphatic carbocycles. The third kappa shape index (κ3) is 3.83. The Kier molecular flexibility index (Phi) is 6.00. The summed E-state index contributed by atoms with van der Waals surface area (Å²) in [6.45, 7) is 13.6. The van der Waals surface area contributed by atoms with Crippen LogP contribution in [0.2, 0.25) is 0 Å². The summed E-state index contributed by atoms with van der Waals surface area (Å²) in [7, 11) is 0. The highest BCUT2D eigenvalue weighted by molar-refractivity contribution is 6.23. The first-order valence-electron chi connectivity index (χ1n) is 17.3. The van der Waals surface area contributed by atoms with Crippen LogP contribution in [0.1, 0.15) is 41.7 Å². The minimum atomic E-state index is -0.195. The van der Waals surface area contributed by atoms with E-state index in [9.17, 15) is 0 Å². The number of hydrogen-bond donors (Lipinski definition) is 0. The van der Waals surface area contributed by atoms with Gasteiger partial charge in [-0.1, -0.05) is 154 Å². The second-order valence-electron chi connectivity index (χ2n) is 14.1. The summed E-state index contributed by atoms with van der Waals surface area (Å²) in [5, 5.41) is 9.77. The minimum Gasteiger partial charge on any atom is -0.456 e. The van der Waals surface area contributed by atoms with E-state index in [0.717, 1.165) is 27.9 Å². The molecule has 236 valence electrons. The van der Waals surface area contributed by atoms with Crippen molar-refractivity contribution < 1.29 is 4.42 Å². The van der Waals surface area contributed by atoms with Gasteiger partial charge in [-0.2, -0.15) is 0 Å². The largest absolute Gasteiger partial charge is 0.456 e. The average Bonchev–Trinajstić information content (AvgIpc) is 3.65. The molecule has 9 aromatic rings. The number of para-hydroxylation sites is 1. The first kappa shape index (κ1) is 28.8. The molecule has 1 heteroatoms. The lowest BCUT2D eigenvalue weighted by atomic mass is 9.79. The maximum atomic E-state index is 6.38. The van der Waals surface area contributed by atoms with Gasteiger partial charge in [-0.15, -0.1) is 0 Å². The maximum Gasteiger partial charge on any atom is 0.136 e. The molecule has 1 nitrogen and oxygen atoms in total. The van der Waals surface area contributed by atoms with Gasteiger partial charge in [-0.3, -0.25) is 0 Å². The van der Waals surface area contributed by atoms with Crippen molar-refractivity contribution in [1.82, 2.24) is 0 Å². The summed E-state index contributed by atoms with van der Waals surface area (Å²) < 4.78 is 6.38. The Bertz CT molecular complexity index is 2870. The summed E-state index contributed by atoms with van der Waals surface area (Å²) in [6.07, 6.45) is 1.92. The second-order valence-corrected chi connectivity index (χ2v) is 14.1. The zero-order valence-electron chi connectivity index (χ0n) is 28.2. The third-order valence-electron chi connectivity index (χ3n) is 11.2. The molecule has 8 aromatic carbocycles. The SMILES string of the molecule is C=Cc1ccccc1C(=C)c1c2ccccc2c(-c2ccc3c(c2)-c2ccc4ccc5oc6ccccc6c5c4c2C3(C)C)c2ccccc12. The highest BCUT2D eigenvalue weighted by Crippen LogP contribution is 2.55. The third-order valence-corrected chi connectivity index (χ3v) is 11.2. The van der Waals surface area contributed by atoms with Crippen molar-refractivity contribution in [3.05, 3.63) is 181 Å². The molecule has 0 aliphatic heterocycles. The number of rotatable bonds is 4. The van der Waals surface area contributed by atoms with Crippen molar-refractivity contribution in [3.63, 3.8) is 0 Å². The second kappa shape index (κ2) is 10.4. The lowest BCUT2D eigenvalue weighted by Gasteiger charge is -2.24. The molecule has 0 spiro atoms. The Labute approximate surface area is 291 Å². The summed E-state index contributed by atoms with van der Waals surface area (Å²) in [5.74, 6) is 0. The molecule has 0 amide bonds. The van der Waals surface area contributed by atoms with Crippen molar-refractivity contribution in [3.8, 4) is 22.3 Å². The molecule has 1 heterocycles. The Morgan fingerprint density at radius 1 is 0.600 bits per heavy atom. The van der Waals surface area contributed by atoms with Crippen LogP contribution < -0.4 is 0 Å². The van der Waals surface area contributed by atoms with Crippen LogP contribution in [0.4, 0.5) is 0 Å². The number of hydrogen-bond acceptors (Lipinski definition) is 1. The van der Waals surface area contributed by atoms with E-state index in [1.54, 1.807) is 0 Å². The number of fused-ring (bicyclic) bond motifs is 11. The van der Waals surface area contributed by atoms with Gasteiger partial charge in [-0.05, 0) is 106 Å². The average molecular weight is 639 g/mol. The summed E-state index contributed by atoms with van der Waals surface area (Å²) in [6, 6.07) is 50.6. The van der Waals surface area contributed by atoms with Crippen LogP contribution in [-0.2, 0) is 5.41 Å². The number of benzene rings is 8. The van der Waals surface area contributed by atoms with Crippen molar-refractivity contribution in [2.75, 3.05) is 0 Å². The van der Waals surface area contributed by atoms with Crippen LogP contribution in [-0.4, -0.2) is 0 Å². The van der Waals surface area contributed by atoms with Crippen LogP contribution in [0.15, 0.2) is 157 Å². The van der Waals surface area contributed by atoms with Gasteiger partial charge in [0.15, 0.2) is 0 Å². The van der Waals surface area contributed by atoms with E-state index < -0.39 is 0 Å². The van der Waals surface area contributed by atoms with Crippen molar-refractivity contribution >= 4 is 65.9 Å². The van der Waals surface area contributed by atoms with E-state index >= 15 is 0 Å². The zero-order valence-corrected chi connectivity index (χ0v) is 28.2. The highest BCUT2D eigenvalue weighted by Gasteiger charge is 2.38. The van der Waals surface area contributed by atoms with Crippen molar-refractivity contribution in [2.45, 2.75) is 19.3 Å². The van der Waals surface area contributed by atoms with Gasteiger partial charge in [0.05, 0.1) is 0 Å². The van der Waals surface area contributed by atoms with Gasteiger partial charge in [-0.25, -0.2) is 0 Å². The van der Waals surface area contributed by atoms with E-state index in [4.69, 9.17) is 11.0 Å². The van der Waals surface area contributed by atoms with Crippen LogP contribution >= 0.6 is 0 Å². The molecular weight excluding hydrogens is 605 g/mol. The van der Waals surface area contributed by atoms with Gasteiger partial charge in [0.25, 0.3) is 0 Å². The molecule has 10 rings (SSSR count). The Balaban J connectivity index is 1.25. The van der Waals surface area contributed by atoms with Crippen LogP contribution in [0.5, 0.6) is 0 Å². The Hall–Kier alpha value is -6.18. The molecule has 0 saturated heterocycles. The van der Waals surface area contributed by atoms with E-state index in [-0.39, 0.29) is 5.41 Å². The molecule has 0 unspecified atom stereocenters. The lowest BCUT2D eigenvalue weighted by Crippen LogP contribution is -2.15. The quantitative estimate of drug-likeness (QED) is 0.175. The zero-order chi connectivity index (χ0) is 33.7. The van der Waals surface area contributed by atoms with Crippen LogP contribution in [0.3, 0.4) is 0 Å². The summed E-state index contributed by atoms with van der Waals surface area (Å²) >= 11 is 0. The predicted molar refractivity (Wildman–Crippen MR) is 214 cm³/mol. The normalized spacial score (nSPS) is 13.3. The first-order valence-corrected chi connectivity index (χ1v) is 17.3. The fourth-order valence-corrected chi connectivity index (χ4v) is 8.96. The summed E-state index contributed by atoms with van der Waals surface area (Å²) in [4.78, 5) is 0. The van der Waals surface area contributed by atoms with E-state index in [1.807, 2.05) is 6.08 Å². The Morgan fingerprint density at radius 2 is 1.24 bits per heavy atom. The summed E-state index contributed by atoms with van der Waals surface area (Å²) in [5.41, 5.74) is 13.9. The molecule has 50 heavy (non-hydrogen) atoms. The van der Waals surface area contributed by atoms with Gasteiger partial charge in [0, 0.05) is 16.2 Å². The van der Waals surface area contributed by atoms with Gasteiger partial charge < -0.3 is 4.42 Å². The minimum absolute atomic E-state index is 0.195. The van der Waals surface area contributed by atoms with Crippen molar-refractivity contribution in [1.29, 1.82) is 0 Å². The van der Waals surface area contributed by atoms with E-state index in [1.165, 1.54) is 82.0 Å². The molecule has 0 atom stereocenters. The first-order chi connectivity index (χ1) is 24.5. The smallest absolute Gasteiger partial charge is 0.136 e. The molecule has 0 fully saturated rings. The molecule has 0 radical (unpaired) electrons. The molecule has 1 aliphatic rings. The monoisotopic (exact) mass is 638 g/mol. The lowest BCUT2D eigenvalue weighted by molar-refractivity contribution is 0.665. The molecular formula is C49H34O. The highest BCUT2D eigenvalue weighted by atomic mass is 16.3. The van der Waals surface area contributed by atoms with Gasteiger partial charge >= 0.3 is 0 Å². The molecule has 1 aromatic heterocycles. The van der Waals surface area contributed by atoms with Crippen LogP contribution in [0.25, 0.3) is 88.2 Å². The topological polar surface area (TPSA) is 13.1 Å². The fraction of sp³-hybridized carbons (Fsp3) is 0.0612. The predicted octanol–water partition coefficient (Wildman–Crippen LogP) is 13.7. The maximum absolute atomic E-state index is 6.38. The molecule has 0 bridgehead atoms. The van der Waals surface area contributed by atoms with Gasteiger partial charge in [0.2, 0.25) is 0 Å². The standard InChI is InChI=1S/C49H34O/c1-5-30-14-6-7-15-33(30)29(2)44-34-16-8-10-18-36(34)45(37-19-11-9-17-35(37)44)32-23-26-41-40(28-32)38-25-22-31-24-27-43-47(46(31)48(38)49(41,3)4)39-20-12-13-21-42(39)50-43/h5-28H,1-2H2,3-4H3. The fourth-order valence-electron chi connectivity index (χ4n) is 8.96. The van der Waals surface area contributed by atoms with E-state index in [2.05, 4.69) is 160 Å². The van der Waals surface area contributed by atoms with Crippen molar-refractivity contribution in [2.24, 2.45) is 0 Å². The molecule has 0 N–H and O–H groups in total. The van der Waals surface area contributed by atoms with Gasteiger partial charge in [0.1, 0.15) is 11.2 Å². The Morgan fingerprint density at radius 3 is 1.98 bits per heavy atom. The van der Waals surface area contributed by atoms with E-state index in [0.29, 0.717) is 0 Å². The van der Waals surface area contributed by atoms with Crippen LogP contribution in [0, 0.1) is 0 Å².